The van der Waals surface area contributed by atoms with Gasteiger partial charge in [0.25, 0.3) is 5.56 Å². The Kier molecular flexibility index (Phi) is 5.63. The lowest BCUT2D eigenvalue weighted by molar-refractivity contribution is 0.252. The van der Waals surface area contributed by atoms with Crippen molar-refractivity contribution in [3.8, 4) is 5.69 Å². The predicted molar refractivity (Wildman–Crippen MR) is 114 cm³/mol. The normalized spacial score (nSPS) is 15.3. The van der Waals surface area contributed by atoms with Crippen molar-refractivity contribution in [3.05, 3.63) is 72.7 Å². The number of nitrogens with zero attached hydrogens (tertiary/aromatic N) is 4. The van der Waals surface area contributed by atoms with Gasteiger partial charge in [0.1, 0.15) is 5.02 Å². The van der Waals surface area contributed by atoms with Gasteiger partial charge in [0.05, 0.1) is 21.4 Å². The van der Waals surface area contributed by atoms with E-state index in [9.17, 15) is 4.79 Å². The van der Waals surface area contributed by atoms with Crippen molar-refractivity contribution in [2.24, 2.45) is 0 Å². The highest BCUT2D eigenvalue weighted by molar-refractivity contribution is 9.11. The molecule has 27 heavy (non-hydrogen) atoms. The van der Waals surface area contributed by atoms with E-state index >= 15 is 0 Å². The number of halogens is 2. The van der Waals surface area contributed by atoms with Crippen LogP contribution in [-0.4, -0.2) is 40.9 Å². The Labute approximate surface area is 174 Å². The minimum Gasteiger partial charge on any atom is -0.366 e. The molecule has 5 nitrogen and oxygen atoms in total. The first-order valence-electron chi connectivity index (χ1n) is 8.66. The molecule has 1 aromatic carbocycles. The van der Waals surface area contributed by atoms with Crippen LogP contribution in [0, 0.1) is 0 Å². The number of piperazine rings is 1. The first kappa shape index (κ1) is 18.7. The van der Waals surface area contributed by atoms with Gasteiger partial charge in [-0.15, -0.1) is 11.3 Å². The van der Waals surface area contributed by atoms with Gasteiger partial charge in [-0.1, -0.05) is 29.8 Å². The van der Waals surface area contributed by atoms with Crippen molar-refractivity contribution in [2.45, 2.75) is 6.54 Å². The molecule has 0 amide bonds. The summed E-state index contributed by atoms with van der Waals surface area (Å²) in [6.07, 6.45) is 1.70. The van der Waals surface area contributed by atoms with Gasteiger partial charge in [-0.3, -0.25) is 9.69 Å². The van der Waals surface area contributed by atoms with E-state index in [4.69, 9.17) is 11.6 Å². The second kappa shape index (κ2) is 8.14. The van der Waals surface area contributed by atoms with Crippen LogP contribution in [0.5, 0.6) is 0 Å². The summed E-state index contributed by atoms with van der Waals surface area (Å²) >= 11 is 11.7. The molecular weight excluding hydrogens is 448 g/mol. The maximum atomic E-state index is 12.7. The molecular formula is C19H18BrClN4OS. The number of rotatable bonds is 4. The van der Waals surface area contributed by atoms with Crippen LogP contribution in [0.1, 0.15) is 4.88 Å². The average Bonchev–Trinajstić information content (AvgIpc) is 3.10. The van der Waals surface area contributed by atoms with E-state index < -0.39 is 0 Å². The molecule has 3 aromatic rings. The fraction of sp³-hybridized carbons (Fsp3) is 0.263. The van der Waals surface area contributed by atoms with Crippen LogP contribution < -0.4 is 10.5 Å². The molecule has 1 aliphatic rings. The number of aromatic nitrogens is 2. The molecule has 1 fully saturated rings. The zero-order valence-electron chi connectivity index (χ0n) is 14.5. The highest BCUT2D eigenvalue weighted by atomic mass is 79.9. The highest BCUT2D eigenvalue weighted by Gasteiger charge is 2.22. The minimum absolute atomic E-state index is 0.226. The molecule has 0 N–H and O–H groups in total. The number of anilines is 1. The smallest absolute Gasteiger partial charge is 0.292 e. The van der Waals surface area contributed by atoms with E-state index in [-0.39, 0.29) is 10.6 Å². The highest BCUT2D eigenvalue weighted by Crippen LogP contribution is 2.26. The zero-order chi connectivity index (χ0) is 18.8. The van der Waals surface area contributed by atoms with Gasteiger partial charge in [-0.25, -0.2) is 0 Å². The Morgan fingerprint density at radius 1 is 1.07 bits per heavy atom. The van der Waals surface area contributed by atoms with Crippen LogP contribution in [0.15, 0.2) is 57.2 Å². The number of thiophene rings is 1. The molecule has 3 heterocycles. The van der Waals surface area contributed by atoms with Crippen LogP contribution in [0.2, 0.25) is 5.02 Å². The van der Waals surface area contributed by atoms with Gasteiger partial charge in [-0.05, 0) is 40.2 Å². The van der Waals surface area contributed by atoms with Crippen LogP contribution in [0.3, 0.4) is 0 Å². The fourth-order valence-electron chi connectivity index (χ4n) is 3.20. The van der Waals surface area contributed by atoms with Gasteiger partial charge >= 0.3 is 0 Å². The second-order valence-electron chi connectivity index (χ2n) is 6.37. The van der Waals surface area contributed by atoms with Crippen LogP contribution >= 0.6 is 38.9 Å². The van der Waals surface area contributed by atoms with Crippen molar-refractivity contribution in [1.82, 2.24) is 14.7 Å². The summed E-state index contributed by atoms with van der Waals surface area (Å²) in [5.41, 5.74) is 1.14. The van der Waals surface area contributed by atoms with E-state index in [1.54, 1.807) is 17.5 Å². The lowest BCUT2D eigenvalue weighted by Gasteiger charge is -2.36. The molecule has 0 spiro atoms. The largest absolute Gasteiger partial charge is 0.366 e. The molecule has 0 saturated carbocycles. The van der Waals surface area contributed by atoms with Crippen LogP contribution in [0.4, 0.5) is 5.69 Å². The van der Waals surface area contributed by atoms with E-state index in [1.165, 1.54) is 9.56 Å². The monoisotopic (exact) mass is 464 g/mol. The summed E-state index contributed by atoms with van der Waals surface area (Å²) in [5.74, 6) is 0. The van der Waals surface area contributed by atoms with Gasteiger partial charge in [0.2, 0.25) is 0 Å². The summed E-state index contributed by atoms with van der Waals surface area (Å²) in [7, 11) is 0. The quantitative estimate of drug-likeness (QED) is 0.583. The van der Waals surface area contributed by atoms with Gasteiger partial charge in [0, 0.05) is 37.6 Å². The number of para-hydroxylation sites is 1. The minimum atomic E-state index is -0.286. The SMILES string of the molecule is O=c1c(Cl)c(N2CCN(Cc3ccc(Br)s3)CC2)cnn1-c1ccccc1. The Morgan fingerprint density at radius 2 is 1.81 bits per heavy atom. The first-order valence-corrected chi connectivity index (χ1v) is 10.7. The van der Waals surface area contributed by atoms with Gasteiger partial charge in [0.15, 0.2) is 0 Å². The molecule has 0 atom stereocenters. The van der Waals surface area contributed by atoms with Gasteiger partial charge < -0.3 is 4.90 Å². The molecule has 1 aliphatic heterocycles. The molecule has 0 aliphatic carbocycles. The van der Waals surface area contributed by atoms with Crippen molar-refractivity contribution >= 4 is 44.6 Å². The third-order valence-electron chi connectivity index (χ3n) is 4.62. The van der Waals surface area contributed by atoms with E-state index in [1.807, 2.05) is 30.3 Å². The summed E-state index contributed by atoms with van der Waals surface area (Å²) in [4.78, 5) is 18.6. The number of benzene rings is 1. The fourth-order valence-corrected chi connectivity index (χ4v) is 4.98. The van der Waals surface area contributed by atoms with E-state index in [2.05, 4.69) is 43.0 Å². The molecule has 8 heteroatoms. The molecule has 4 rings (SSSR count). The van der Waals surface area contributed by atoms with Crippen molar-refractivity contribution in [2.75, 3.05) is 31.1 Å². The predicted octanol–water partition coefficient (Wildman–Crippen LogP) is 4.03. The van der Waals surface area contributed by atoms with E-state index in [0.29, 0.717) is 11.4 Å². The van der Waals surface area contributed by atoms with Crippen molar-refractivity contribution < 1.29 is 0 Å². The summed E-state index contributed by atoms with van der Waals surface area (Å²) in [6, 6.07) is 13.6. The molecule has 0 unspecified atom stereocenters. The van der Waals surface area contributed by atoms with Crippen LogP contribution in [0.25, 0.3) is 5.69 Å². The molecule has 0 bridgehead atoms. The lowest BCUT2D eigenvalue weighted by Crippen LogP contribution is -2.46. The maximum Gasteiger partial charge on any atom is 0.292 e. The average molecular weight is 466 g/mol. The molecule has 140 valence electrons. The Hall–Kier alpha value is -1.67. The molecule has 2 aromatic heterocycles. The number of hydrogen-bond donors (Lipinski definition) is 0. The third kappa shape index (κ3) is 4.11. The maximum absolute atomic E-state index is 12.7. The summed E-state index contributed by atoms with van der Waals surface area (Å²) in [5, 5.41) is 4.56. The van der Waals surface area contributed by atoms with Crippen molar-refractivity contribution in [1.29, 1.82) is 0 Å². The summed E-state index contributed by atoms with van der Waals surface area (Å²) in [6.45, 7) is 4.44. The van der Waals surface area contributed by atoms with Crippen molar-refractivity contribution in [3.63, 3.8) is 0 Å². The Balaban J connectivity index is 1.47. The Morgan fingerprint density at radius 3 is 2.48 bits per heavy atom. The standard InChI is InChI=1S/C19H18BrClN4OS/c20-17-7-6-15(27-17)13-23-8-10-24(11-9-23)16-12-22-25(19(26)18(16)21)14-4-2-1-3-5-14/h1-7,12H,8-11,13H2. The van der Waals surface area contributed by atoms with Crippen LogP contribution in [-0.2, 0) is 6.54 Å². The third-order valence-corrected chi connectivity index (χ3v) is 6.59. The topological polar surface area (TPSA) is 41.4 Å². The molecule has 0 radical (unpaired) electrons. The number of hydrogen-bond acceptors (Lipinski definition) is 5. The van der Waals surface area contributed by atoms with Gasteiger partial charge in [-0.2, -0.15) is 9.78 Å². The zero-order valence-corrected chi connectivity index (χ0v) is 17.7. The Bertz CT molecular complexity index is 983. The van der Waals surface area contributed by atoms with E-state index in [0.717, 1.165) is 36.5 Å². The molecule has 1 saturated heterocycles. The summed E-state index contributed by atoms with van der Waals surface area (Å²) < 4.78 is 2.50. The second-order valence-corrected chi connectivity index (χ2v) is 9.29. The first-order chi connectivity index (χ1) is 13.1. The lowest BCUT2D eigenvalue weighted by atomic mass is 10.2.